The predicted octanol–water partition coefficient (Wildman–Crippen LogP) is 4.20. The Kier molecular flexibility index (Phi) is 3.68. The zero-order valence-corrected chi connectivity index (χ0v) is 11.9. The molecular formula is C17H15ClN2. The molecule has 0 radical (unpaired) electrons. The van der Waals surface area contributed by atoms with Crippen molar-refractivity contribution in [1.82, 2.24) is 10.3 Å². The third kappa shape index (κ3) is 2.40. The Morgan fingerprint density at radius 2 is 1.75 bits per heavy atom. The number of hydrogen-bond acceptors (Lipinski definition) is 2. The molecule has 1 atom stereocenters. The first-order chi connectivity index (χ1) is 9.79. The maximum atomic E-state index is 5.97. The standard InChI is InChI=1S/C17H15ClN2/c1-19-17(12-6-8-13(18)9-7-12)15-10-11-20-16-5-3-2-4-14(15)16/h2-11,17,19H,1H3. The summed E-state index contributed by atoms with van der Waals surface area (Å²) in [5, 5.41) is 5.30. The van der Waals surface area contributed by atoms with E-state index >= 15 is 0 Å². The fourth-order valence-corrected chi connectivity index (χ4v) is 2.65. The quantitative estimate of drug-likeness (QED) is 0.779. The van der Waals surface area contributed by atoms with Crippen LogP contribution in [-0.4, -0.2) is 12.0 Å². The maximum absolute atomic E-state index is 5.97. The van der Waals surface area contributed by atoms with Gasteiger partial charge in [-0.3, -0.25) is 4.98 Å². The van der Waals surface area contributed by atoms with Gasteiger partial charge >= 0.3 is 0 Å². The lowest BCUT2D eigenvalue weighted by atomic mass is 9.96. The summed E-state index contributed by atoms with van der Waals surface area (Å²) < 4.78 is 0. The third-order valence-electron chi connectivity index (χ3n) is 3.49. The van der Waals surface area contributed by atoms with Crippen molar-refractivity contribution < 1.29 is 0 Å². The Morgan fingerprint density at radius 3 is 2.50 bits per heavy atom. The highest BCUT2D eigenvalue weighted by Crippen LogP contribution is 2.28. The number of aromatic nitrogens is 1. The number of pyridine rings is 1. The van der Waals surface area contributed by atoms with Crippen LogP contribution < -0.4 is 5.32 Å². The topological polar surface area (TPSA) is 24.9 Å². The zero-order chi connectivity index (χ0) is 13.9. The second-order valence-corrected chi connectivity index (χ2v) is 5.13. The van der Waals surface area contributed by atoms with Crippen molar-refractivity contribution in [1.29, 1.82) is 0 Å². The van der Waals surface area contributed by atoms with E-state index in [-0.39, 0.29) is 6.04 Å². The highest BCUT2D eigenvalue weighted by molar-refractivity contribution is 6.30. The molecule has 2 nitrogen and oxygen atoms in total. The summed E-state index contributed by atoms with van der Waals surface area (Å²) in [6.45, 7) is 0. The summed E-state index contributed by atoms with van der Waals surface area (Å²) in [7, 11) is 1.97. The van der Waals surface area contributed by atoms with E-state index in [1.54, 1.807) is 0 Å². The summed E-state index contributed by atoms with van der Waals surface area (Å²) in [5.74, 6) is 0. The molecule has 0 aliphatic rings. The van der Waals surface area contributed by atoms with Gasteiger partial charge in [0.05, 0.1) is 11.6 Å². The van der Waals surface area contributed by atoms with Gasteiger partial charge in [0.15, 0.2) is 0 Å². The lowest BCUT2D eigenvalue weighted by Crippen LogP contribution is -2.18. The lowest BCUT2D eigenvalue weighted by molar-refractivity contribution is 0.696. The van der Waals surface area contributed by atoms with E-state index in [2.05, 4.69) is 34.6 Å². The molecular weight excluding hydrogens is 268 g/mol. The number of halogens is 1. The molecule has 0 fully saturated rings. The van der Waals surface area contributed by atoms with Crippen LogP contribution in [-0.2, 0) is 0 Å². The van der Waals surface area contributed by atoms with E-state index in [0.29, 0.717) is 0 Å². The molecule has 100 valence electrons. The molecule has 0 spiro atoms. The second-order valence-electron chi connectivity index (χ2n) is 4.69. The molecule has 0 saturated heterocycles. The minimum Gasteiger partial charge on any atom is -0.309 e. The fraction of sp³-hybridized carbons (Fsp3) is 0.118. The molecule has 1 aromatic heterocycles. The first kappa shape index (κ1) is 13.1. The molecule has 2 aromatic carbocycles. The van der Waals surface area contributed by atoms with Crippen molar-refractivity contribution in [3.63, 3.8) is 0 Å². The molecule has 0 amide bonds. The molecule has 0 aliphatic heterocycles. The van der Waals surface area contributed by atoms with Crippen molar-refractivity contribution in [3.05, 3.63) is 76.9 Å². The van der Waals surface area contributed by atoms with E-state index in [1.165, 1.54) is 16.5 Å². The van der Waals surface area contributed by atoms with Crippen molar-refractivity contribution in [2.75, 3.05) is 7.05 Å². The Morgan fingerprint density at radius 1 is 1.00 bits per heavy atom. The number of fused-ring (bicyclic) bond motifs is 1. The van der Waals surface area contributed by atoms with Crippen molar-refractivity contribution >= 4 is 22.5 Å². The van der Waals surface area contributed by atoms with Gasteiger partial charge in [0.25, 0.3) is 0 Å². The minimum absolute atomic E-state index is 0.125. The van der Waals surface area contributed by atoms with Crippen LogP contribution in [0.15, 0.2) is 60.8 Å². The molecule has 20 heavy (non-hydrogen) atoms. The molecule has 3 aromatic rings. The van der Waals surface area contributed by atoms with E-state index in [9.17, 15) is 0 Å². The Hall–Kier alpha value is -1.90. The predicted molar refractivity (Wildman–Crippen MR) is 84.1 cm³/mol. The van der Waals surface area contributed by atoms with Crippen LogP contribution in [0.4, 0.5) is 0 Å². The zero-order valence-electron chi connectivity index (χ0n) is 11.2. The van der Waals surface area contributed by atoms with Crippen LogP contribution in [0.2, 0.25) is 5.02 Å². The molecule has 0 saturated carbocycles. The maximum Gasteiger partial charge on any atom is 0.0705 e. The van der Waals surface area contributed by atoms with E-state index in [0.717, 1.165) is 10.5 Å². The van der Waals surface area contributed by atoms with E-state index in [1.807, 2.05) is 43.6 Å². The highest BCUT2D eigenvalue weighted by atomic mass is 35.5. The normalized spacial score (nSPS) is 12.5. The van der Waals surface area contributed by atoms with Gasteiger partial charge in [0, 0.05) is 16.6 Å². The molecule has 0 bridgehead atoms. The molecule has 0 aliphatic carbocycles. The average molecular weight is 283 g/mol. The van der Waals surface area contributed by atoms with Gasteiger partial charge < -0.3 is 5.32 Å². The number of nitrogens with one attached hydrogen (secondary N) is 1. The average Bonchev–Trinajstić information content (AvgIpc) is 2.50. The monoisotopic (exact) mass is 282 g/mol. The van der Waals surface area contributed by atoms with Crippen molar-refractivity contribution in [2.24, 2.45) is 0 Å². The third-order valence-corrected chi connectivity index (χ3v) is 3.74. The van der Waals surface area contributed by atoms with Crippen molar-refractivity contribution in [3.8, 4) is 0 Å². The largest absolute Gasteiger partial charge is 0.309 e. The first-order valence-corrected chi connectivity index (χ1v) is 6.94. The van der Waals surface area contributed by atoms with Gasteiger partial charge in [-0.25, -0.2) is 0 Å². The molecule has 1 heterocycles. The summed E-state index contributed by atoms with van der Waals surface area (Å²) in [6, 6.07) is 18.3. The van der Waals surface area contributed by atoms with E-state index in [4.69, 9.17) is 11.6 Å². The summed E-state index contributed by atoms with van der Waals surface area (Å²) in [4.78, 5) is 4.42. The van der Waals surface area contributed by atoms with Gasteiger partial charge in [-0.2, -0.15) is 0 Å². The number of hydrogen-bond donors (Lipinski definition) is 1. The number of benzene rings is 2. The van der Waals surface area contributed by atoms with Crippen LogP contribution in [0.25, 0.3) is 10.9 Å². The van der Waals surface area contributed by atoms with Crippen LogP contribution in [0, 0.1) is 0 Å². The summed E-state index contributed by atoms with van der Waals surface area (Å²) in [5.41, 5.74) is 3.42. The van der Waals surface area contributed by atoms with Gasteiger partial charge in [-0.15, -0.1) is 0 Å². The van der Waals surface area contributed by atoms with Gasteiger partial charge in [-0.1, -0.05) is 41.9 Å². The molecule has 3 heteroatoms. The Bertz CT molecular complexity index is 717. The number of para-hydroxylation sites is 1. The van der Waals surface area contributed by atoms with Gasteiger partial charge in [0.1, 0.15) is 0 Å². The first-order valence-electron chi connectivity index (χ1n) is 6.56. The number of nitrogens with zero attached hydrogens (tertiary/aromatic N) is 1. The lowest BCUT2D eigenvalue weighted by Gasteiger charge is -2.19. The summed E-state index contributed by atoms with van der Waals surface area (Å²) in [6.07, 6.45) is 1.86. The van der Waals surface area contributed by atoms with Crippen molar-refractivity contribution in [2.45, 2.75) is 6.04 Å². The Balaban J connectivity index is 2.14. The summed E-state index contributed by atoms with van der Waals surface area (Å²) >= 11 is 5.97. The smallest absolute Gasteiger partial charge is 0.0705 e. The van der Waals surface area contributed by atoms with Crippen LogP contribution in [0.3, 0.4) is 0 Å². The van der Waals surface area contributed by atoms with Gasteiger partial charge in [-0.05, 0) is 42.4 Å². The molecule has 3 rings (SSSR count). The highest BCUT2D eigenvalue weighted by Gasteiger charge is 2.14. The van der Waals surface area contributed by atoms with E-state index < -0.39 is 0 Å². The van der Waals surface area contributed by atoms with Crippen LogP contribution in [0.1, 0.15) is 17.2 Å². The SMILES string of the molecule is CNC(c1ccc(Cl)cc1)c1ccnc2ccccc12. The van der Waals surface area contributed by atoms with Crippen LogP contribution in [0.5, 0.6) is 0 Å². The molecule has 1 N–H and O–H groups in total. The second kappa shape index (κ2) is 5.61. The molecule has 1 unspecified atom stereocenters. The minimum atomic E-state index is 0.125. The number of rotatable bonds is 3. The Labute approximate surface area is 123 Å². The fourth-order valence-electron chi connectivity index (χ4n) is 2.53. The van der Waals surface area contributed by atoms with Gasteiger partial charge in [0.2, 0.25) is 0 Å². The van der Waals surface area contributed by atoms with Crippen LogP contribution >= 0.6 is 11.6 Å².